The fraction of sp³-hybridized carbons (Fsp3) is 0.526. The van der Waals surface area contributed by atoms with Crippen molar-refractivity contribution in [1.29, 1.82) is 0 Å². The number of nitrogens with zero attached hydrogens (tertiary/aromatic N) is 1. The highest BCUT2D eigenvalue weighted by Gasteiger charge is 2.33. The summed E-state index contributed by atoms with van der Waals surface area (Å²) < 4.78 is 23.3. The van der Waals surface area contributed by atoms with Gasteiger partial charge in [0.1, 0.15) is 0 Å². The van der Waals surface area contributed by atoms with Crippen LogP contribution in [0.25, 0.3) is 10.9 Å². The van der Waals surface area contributed by atoms with Gasteiger partial charge in [-0.2, -0.15) is 0 Å². The largest absolute Gasteiger partial charge is 0.361 e. The summed E-state index contributed by atoms with van der Waals surface area (Å²) in [5.74, 6) is 0.347. The van der Waals surface area contributed by atoms with Gasteiger partial charge in [0.05, 0.1) is 11.5 Å². The monoisotopic (exact) mass is 377 g/mol. The molecule has 7 heteroatoms. The van der Waals surface area contributed by atoms with Crippen LogP contribution in [0.4, 0.5) is 0 Å². The van der Waals surface area contributed by atoms with Crippen molar-refractivity contribution in [3.63, 3.8) is 0 Å². The van der Waals surface area contributed by atoms with E-state index >= 15 is 0 Å². The van der Waals surface area contributed by atoms with Crippen LogP contribution in [0.3, 0.4) is 0 Å². The smallest absolute Gasteiger partial charge is 0.224 e. The molecule has 1 fully saturated rings. The zero-order chi connectivity index (χ0) is 18.6. The highest BCUT2D eigenvalue weighted by molar-refractivity contribution is 7.91. The molecule has 6 nitrogen and oxygen atoms in total. The number of para-hydroxylation sites is 1. The van der Waals surface area contributed by atoms with Crippen molar-refractivity contribution in [3.8, 4) is 0 Å². The first-order valence-electron chi connectivity index (χ1n) is 9.26. The van der Waals surface area contributed by atoms with Gasteiger partial charge in [0.25, 0.3) is 0 Å². The molecular weight excluding hydrogens is 350 g/mol. The first-order chi connectivity index (χ1) is 12.5. The van der Waals surface area contributed by atoms with Crippen LogP contribution in [0, 0.1) is 0 Å². The van der Waals surface area contributed by atoms with Crippen LogP contribution in [-0.4, -0.2) is 61.4 Å². The Labute approximate surface area is 154 Å². The van der Waals surface area contributed by atoms with E-state index in [4.69, 9.17) is 0 Å². The van der Waals surface area contributed by atoms with Gasteiger partial charge in [-0.1, -0.05) is 18.2 Å². The van der Waals surface area contributed by atoms with Crippen LogP contribution in [0.5, 0.6) is 0 Å². The number of aromatic nitrogens is 1. The van der Waals surface area contributed by atoms with Crippen molar-refractivity contribution in [3.05, 3.63) is 36.0 Å². The number of hydrogen-bond donors (Lipinski definition) is 2. The molecular formula is C19H27N3O3S. The van der Waals surface area contributed by atoms with Crippen molar-refractivity contribution in [1.82, 2.24) is 15.2 Å². The SMILES string of the molecule is CCN(C(=O)CCNCCc1c[nH]c2ccccc12)C1CCS(=O)(=O)C1. The number of amides is 1. The Hall–Kier alpha value is -1.86. The van der Waals surface area contributed by atoms with Crippen molar-refractivity contribution in [2.75, 3.05) is 31.1 Å². The second-order valence-electron chi connectivity index (χ2n) is 6.85. The van der Waals surface area contributed by atoms with Gasteiger partial charge in [0, 0.05) is 42.7 Å². The summed E-state index contributed by atoms with van der Waals surface area (Å²) in [4.78, 5) is 17.4. The summed E-state index contributed by atoms with van der Waals surface area (Å²) in [5, 5.41) is 4.57. The van der Waals surface area contributed by atoms with E-state index in [1.807, 2.05) is 25.3 Å². The Morgan fingerprint density at radius 3 is 2.85 bits per heavy atom. The molecule has 1 amide bonds. The maximum Gasteiger partial charge on any atom is 0.224 e. The van der Waals surface area contributed by atoms with Crippen LogP contribution in [-0.2, 0) is 21.1 Å². The van der Waals surface area contributed by atoms with Crippen LogP contribution in [0.2, 0.25) is 0 Å². The third-order valence-electron chi connectivity index (χ3n) is 5.07. The fourth-order valence-corrected chi connectivity index (χ4v) is 5.42. The van der Waals surface area contributed by atoms with E-state index in [-0.39, 0.29) is 23.5 Å². The summed E-state index contributed by atoms with van der Waals surface area (Å²) in [7, 11) is -2.97. The third-order valence-corrected chi connectivity index (χ3v) is 6.82. The van der Waals surface area contributed by atoms with Gasteiger partial charge in [0.2, 0.25) is 5.91 Å². The zero-order valence-electron chi connectivity index (χ0n) is 15.2. The lowest BCUT2D eigenvalue weighted by atomic mass is 10.1. The average Bonchev–Trinajstić information content (AvgIpc) is 3.19. The van der Waals surface area contributed by atoms with E-state index in [2.05, 4.69) is 22.4 Å². The molecule has 0 spiro atoms. The molecule has 1 aliphatic rings. The minimum atomic E-state index is -2.97. The molecule has 1 aliphatic heterocycles. The predicted octanol–water partition coefficient (Wildman–Crippen LogP) is 1.73. The summed E-state index contributed by atoms with van der Waals surface area (Å²) in [6.07, 6.45) is 3.90. The maximum absolute atomic E-state index is 12.4. The van der Waals surface area contributed by atoms with E-state index in [0.29, 0.717) is 25.9 Å². The minimum Gasteiger partial charge on any atom is -0.361 e. The summed E-state index contributed by atoms with van der Waals surface area (Å²) in [5.41, 5.74) is 2.41. The first kappa shape index (κ1) is 18.9. The number of fused-ring (bicyclic) bond motifs is 1. The minimum absolute atomic E-state index is 0.0363. The van der Waals surface area contributed by atoms with Crippen LogP contribution in [0.15, 0.2) is 30.5 Å². The number of benzene rings is 1. The van der Waals surface area contributed by atoms with E-state index in [1.165, 1.54) is 10.9 Å². The Kier molecular flexibility index (Phi) is 5.98. The van der Waals surface area contributed by atoms with Gasteiger partial charge in [-0.15, -0.1) is 0 Å². The summed E-state index contributed by atoms with van der Waals surface area (Å²) in [6, 6.07) is 8.08. The molecule has 0 aliphatic carbocycles. The average molecular weight is 378 g/mol. The third kappa shape index (κ3) is 4.45. The molecule has 1 unspecified atom stereocenters. The van der Waals surface area contributed by atoms with Crippen LogP contribution >= 0.6 is 0 Å². The molecule has 0 radical (unpaired) electrons. The molecule has 2 N–H and O–H groups in total. The molecule has 1 atom stereocenters. The van der Waals surface area contributed by atoms with Crippen LogP contribution < -0.4 is 5.32 Å². The highest BCUT2D eigenvalue weighted by atomic mass is 32.2. The molecule has 0 saturated carbocycles. The number of carbonyl (C=O) groups is 1. The second kappa shape index (κ2) is 8.22. The van der Waals surface area contributed by atoms with Crippen LogP contribution in [0.1, 0.15) is 25.3 Å². The van der Waals surface area contributed by atoms with Crippen molar-refractivity contribution in [2.24, 2.45) is 0 Å². The van der Waals surface area contributed by atoms with Crippen molar-refractivity contribution < 1.29 is 13.2 Å². The fourth-order valence-electron chi connectivity index (χ4n) is 3.68. The Morgan fingerprint density at radius 1 is 1.31 bits per heavy atom. The summed E-state index contributed by atoms with van der Waals surface area (Å²) in [6.45, 7) is 3.89. The number of rotatable bonds is 8. The van der Waals surface area contributed by atoms with E-state index in [0.717, 1.165) is 18.5 Å². The molecule has 2 aromatic rings. The molecule has 3 rings (SSSR count). The molecule has 26 heavy (non-hydrogen) atoms. The number of aromatic amines is 1. The van der Waals surface area contributed by atoms with Gasteiger partial charge < -0.3 is 15.2 Å². The van der Waals surface area contributed by atoms with Gasteiger partial charge in [-0.05, 0) is 37.9 Å². The quantitative estimate of drug-likeness (QED) is 0.687. The lowest BCUT2D eigenvalue weighted by Crippen LogP contribution is -2.42. The van der Waals surface area contributed by atoms with Gasteiger partial charge in [-0.25, -0.2) is 8.42 Å². The van der Waals surface area contributed by atoms with Gasteiger partial charge in [0.15, 0.2) is 9.84 Å². The molecule has 1 saturated heterocycles. The van der Waals surface area contributed by atoms with E-state index in [1.54, 1.807) is 4.90 Å². The van der Waals surface area contributed by atoms with Gasteiger partial charge >= 0.3 is 0 Å². The van der Waals surface area contributed by atoms with E-state index < -0.39 is 9.84 Å². The topological polar surface area (TPSA) is 82.3 Å². The number of nitrogens with one attached hydrogen (secondary N) is 2. The Bertz CT molecular complexity index is 860. The first-order valence-corrected chi connectivity index (χ1v) is 11.1. The highest BCUT2D eigenvalue weighted by Crippen LogP contribution is 2.19. The predicted molar refractivity (Wildman–Crippen MR) is 104 cm³/mol. The number of hydrogen-bond acceptors (Lipinski definition) is 4. The van der Waals surface area contributed by atoms with Gasteiger partial charge in [-0.3, -0.25) is 4.79 Å². The normalized spacial score (nSPS) is 19.0. The Morgan fingerprint density at radius 2 is 2.12 bits per heavy atom. The second-order valence-corrected chi connectivity index (χ2v) is 9.07. The van der Waals surface area contributed by atoms with Crippen molar-refractivity contribution in [2.45, 2.75) is 32.2 Å². The number of H-pyrrole nitrogens is 1. The molecule has 1 aromatic heterocycles. The maximum atomic E-state index is 12.4. The lowest BCUT2D eigenvalue weighted by molar-refractivity contribution is -0.132. The number of carbonyl (C=O) groups excluding carboxylic acids is 1. The lowest BCUT2D eigenvalue weighted by Gasteiger charge is -2.27. The standard InChI is InChI=1S/C19H27N3O3S/c1-2-22(16-9-12-26(24,25)14-16)19(23)8-11-20-10-7-15-13-21-18-6-4-3-5-17(15)18/h3-6,13,16,20-21H,2,7-12,14H2,1H3. The molecule has 1 aromatic carbocycles. The molecule has 2 heterocycles. The Balaban J connectivity index is 1.42. The molecule has 142 valence electrons. The van der Waals surface area contributed by atoms with E-state index in [9.17, 15) is 13.2 Å². The molecule has 0 bridgehead atoms. The summed E-state index contributed by atoms with van der Waals surface area (Å²) >= 11 is 0. The van der Waals surface area contributed by atoms with Crippen molar-refractivity contribution >= 4 is 26.6 Å². The zero-order valence-corrected chi connectivity index (χ0v) is 16.0. The number of sulfone groups is 1.